The van der Waals surface area contributed by atoms with Gasteiger partial charge in [0.1, 0.15) is 17.5 Å². The van der Waals surface area contributed by atoms with Gasteiger partial charge < -0.3 is 14.2 Å². The van der Waals surface area contributed by atoms with Gasteiger partial charge >= 0.3 is 12.1 Å². The van der Waals surface area contributed by atoms with Crippen LogP contribution in [0.4, 0.5) is 13.2 Å². The smallest absolute Gasteiger partial charge is 0.406 e. The molecule has 2 aromatic rings. The number of carbonyl (C=O) groups excluding carboxylic acids is 2. The van der Waals surface area contributed by atoms with E-state index in [1.165, 1.54) is 26.0 Å². The van der Waals surface area contributed by atoms with Crippen LogP contribution < -0.4 is 0 Å². The monoisotopic (exact) mass is 497 g/mol. The fourth-order valence-corrected chi connectivity index (χ4v) is 5.59. The normalized spacial score (nSPS) is 19.1. The number of hydrogen-bond acceptors (Lipinski definition) is 6. The summed E-state index contributed by atoms with van der Waals surface area (Å²) in [4.78, 5) is 27.0. The molecule has 1 atom stereocenters. The number of aryl methyl sites for hydroxylation is 1. The molecular weight excluding hydrogens is 475 g/mol. The van der Waals surface area contributed by atoms with Gasteiger partial charge in [0.2, 0.25) is 5.78 Å². The number of carbonyl (C=O) groups is 2. The minimum Gasteiger partial charge on any atom is -0.456 e. The van der Waals surface area contributed by atoms with Crippen LogP contribution in [-0.2, 0) is 26.1 Å². The second-order valence-corrected chi connectivity index (χ2v) is 9.83. The van der Waals surface area contributed by atoms with Crippen molar-refractivity contribution in [3.05, 3.63) is 52.8 Å². The summed E-state index contributed by atoms with van der Waals surface area (Å²) in [6, 6.07) is 6.83. The van der Waals surface area contributed by atoms with Crippen molar-refractivity contribution in [2.24, 2.45) is 4.40 Å². The van der Waals surface area contributed by atoms with E-state index in [0.29, 0.717) is 24.9 Å². The Bertz CT molecular complexity index is 1300. The van der Waals surface area contributed by atoms with Crippen LogP contribution in [0.25, 0.3) is 0 Å². The highest BCUT2D eigenvalue weighted by Crippen LogP contribution is 2.31. The predicted octanol–water partition coefficient (Wildman–Crippen LogP) is 3.01. The maximum Gasteiger partial charge on any atom is 0.406 e. The number of ether oxygens (including phenoxy) is 1. The first-order chi connectivity index (χ1) is 15.9. The number of halogens is 3. The van der Waals surface area contributed by atoms with E-state index in [9.17, 15) is 31.2 Å². The molecule has 4 rings (SSSR count). The van der Waals surface area contributed by atoms with Crippen LogP contribution in [0.5, 0.6) is 0 Å². The van der Waals surface area contributed by atoms with Crippen LogP contribution >= 0.6 is 0 Å². The Morgan fingerprint density at radius 2 is 1.91 bits per heavy atom. The van der Waals surface area contributed by atoms with E-state index in [2.05, 4.69) is 4.40 Å². The molecule has 1 aromatic heterocycles. The number of Topliss-reactive ketones (excluding diaryl/α,β-unsaturated/α-hetero) is 1. The molecule has 0 radical (unpaired) electrons. The number of hydrogen-bond donors (Lipinski definition) is 0. The van der Waals surface area contributed by atoms with E-state index in [4.69, 9.17) is 4.74 Å². The Kier molecular flexibility index (Phi) is 6.05. The fourth-order valence-electron chi connectivity index (χ4n) is 4.38. The summed E-state index contributed by atoms with van der Waals surface area (Å²) < 4.78 is 73.2. The van der Waals surface area contributed by atoms with Gasteiger partial charge in [0, 0.05) is 29.1 Å². The number of likely N-dealkylation sites (tertiary alicyclic amines) is 1. The van der Waals surface area contributed by atoms with Crippen molar-refractivity contribution in [1.29, 1.82) is 0 Å². The maximum atomic E-state index is 12.8. The van der Waals surface area contributed by atoms with Crippen LogP contribution in [0.15, 0.2) is 39.6 Å². The second-order valence-electron chi connectivity index (χ2n) is 8.25. The summed E-state index contributed by atoms with van der Waals surface area (Å²) in [5.41, 5.74) is 0.861. The zero-order chi connectivity index (χ0) is 24.8. The van der Waals surface area contributed by atoms with Gasteiger partial charge in [0.15, 0.2) is 12.4 Å². The highest BCUT2D eigenvalue weighted by atomic mass is 32.2. The zero-order valence-electron chi connectivity index (χ0n) is 18.4. The van der Waals surface area contributed by atoms with Crippen molar-refractivity contribution in [2.45, 2.75) is 50.3 Å². The number of fused-ring (bicyclic) bond motifs is 1. The summed E-state index contributed by atoms with van der Waals surface area (Å²) in [5, 5.41) is 0. The number of benzene rings is 1. The summed E-state index contributed by atoms with van der Waals surface area (Å²) in [6.45, 7) is 1.39. The molecule has 1 saturated heterocycles. The molecule has 1 unspecified atom stereocenters. The standard InChI is InChI=1S/C22H22F3N3O5S/c1-13-10-16(14(2)28(13)12-22(23,24)25)18(29)11-33-21(30)17-7-5-9-27(17)20-15-6-3-4-8-19(15)34(31,32)26-20/h3-4,6,8,10,17H,5,7,9,11-12H2,1-2H3. The van der Waals surface area contributed by atoms with Crippen molar-refractivity contribution >= 4 is 27.6 Å². The van der Waals surface area contributed by atoms with Gasteiger partial charge in [-0.15, -0.1) is 4.40 Å². The summed E-state index contributed by atoms with van der Waals surface area (Å²) in [6.07, 6.45) is -3.47. The average Bonchev–Trinajstić information content (AvgIpc) is 3.42. The molecule has 2 aliphatic rings. The highest BCUT2D eigenvalue weighted by molar-refractivity contribution is 7.90. The van der Waals surface area contributed by atoms with Crippen molar-refractivity contribution in [3.63, 3.8) is 0 Å². The maximum absolute atomic E-state index is 12.8. The molecule has 2 aliphatic heterocycles. The Labute approximate surface area is 194 Å². The third kappa shape index (κ3) is 4.46. The zero-order valence-corrected chi connectivity index (χ0v) is 19.2. The number of rotatable bonds is 5. The molecular formula is C22H22F3N3O5S. The first-order valence-electron chi connectivity index (χ1n) is 10.5. The Morgan fingerprint density at radius 1 is 1.21 bits per heavy atom. The molecule has 0 saturated carbocycles. The van der Waals surface area contributed by atoms with E-state index in [-0.39, 0.29) is 27.7 Å². The molecule has 0 spiro atoms. The number of alkyl halides is 3. The molecule has 1 aromatic carbocycles. The van der Waals surface area contributed by atoms with Crippen molar-refractivity contribution < 1.29 is 35.9 Å². The summed E-state index contributed by atoms with van der Waals surface area (Å²) in [7, 11) is -3.87. The van der Waals surface area contributed by atoms with Crippen LogP contribution in [0.2, 0.25) is 0 Å². The molecule has 8 nitrogen and oxygen atoms in total. The number of esters is 1. The molecule has 0 N–H and O–H groups in total. The van der Waals surface area contributed by atoms with Gasteiger partial charge in [0.25, 0.3) is 10.0 Å². The lowest BCUT2D eigenvalue weighted by Gasteiger charge is -2.24. The van der Waals surface area contributed by atoms with E-state index in [1.807, 2.05) is 0 Å². The second kappa shape index (κ2) is 8.57. The van der Waals surface area contributed by atoms with Crippen LogP contribution in [0.3, 0.4) is 0 Å². The molecule has 182 valence electrons. The van der Waals surface area contributed by atoms with Gasteiger partial charge in [-0.25, -0.2) is 4.79 Å². The molecule has 1 fully saturated rings. The fraction of sp³-hybridized carbons (Fsp3) is 0.409. The van der Waals surface area contributed by atoms with E-state index < -0.39 is 47.1 Å². The van der Waals surface area contributed by atoms with Crippen LogP contribution in [-0.4, -0.2) is 60.8 Å². The third-order valence-corrected chi connectivity index (χ3v) is 7.29. The predicted molar refractivity (Wildman–Crippen MR) is 115 cm³/mol. The minimum absolute atomic E-state index is 0.0537. The van der Waals surface area contributed by atoms with Gasteiger partial charge in [0.05, 0.1) is 0 Å². The van der Waals surface area contributed by atoms with Crippen LogP contribution in [0, 0.1) is 13.8 Å². The van der Waals surface area contributed by atoms with E-state index >= 15 is 0 Å². The van der Waals surface area contributed by atoms with Crippen molar-refractivity contribution in [2.75, 3.05) is 13.2 Å². The molecule has 0 amide bonds. The topological polar surface area (TPSA) is 98.0 Å². The molecule has 34 heavy (non-hydrogen) atoms. The number of amidine groups is 1. The number of sulfonamides is 1. The number of nitrogens with zero attached hydrogens (tertiary/aromatic N) is 3. The number of aromatic nitrogens is 1. The lowest BCUT2D eigenvalue weighted by molar-refractivity contribution is -0.146. The first-order valence-corrected chi connectivity index (χ1v) is 12.0. The largest absolute Gasteiger partial charge is 0.456 e. The lowest BCUT2D eigenvalue weighted by Crippen LogP contribution is -2.41. The minimum atomic E-state index is -4.44. The quantitative estimate of drug-likeness (QED) is 0.465. The third-order valence-electron chi connectivity index (χ3n) is 5.97. The highest BCUT2D eigenvalue weighted by Gasteiger charge is 2.40. The van der Waals surface area contributed by atoms with E-state index in [0.717, 1.165) is 4.57 Å². The molecule has 12 heteroatoms. The molecule has 3 heterocycles. The Balaban J connectivity index is 1.47. The molecule has 0 bridgehead atoms. The first kappa shape index (κ1) is 24.0. The SMILES string of the molecule is Cc1cc(C(=O)COC(=O)C2CCCN2C2=NS(=O)(=O)c3ccccc32)c(C)n1CC(F)(F)F. The molecule has 0 aliphatic carbocycles. The Hall–Kier alpha value is -3.15. The van der Waals surface area contributed by atoms with Crippen molar-refractivity contribution in [1.82, 2.24) is 9.47 Å². The van der Waals surface area contributed by atoms with Gasteiger partial charge in [-0.1, -0.05) is 12.1 Å². The lowest BCUT2D eigenvalue weighted by atomic mass is 10.1. The van der Waals surface area contributed by atoms with E-state index in [1.54, 1.807) is 23.1 Å². The van der Waals surface area contributed by atoms with Crippen molar-refractivity contribution in [3.8, 4) is 0 Å². The number of ketones is 1. The van der Waals surface area contributed by atoms with Crippen LogP contribution in [0.1, 0.15) is 40.2 Å². The van der Waals surface area contributed by atoms with Gasteiger partial charge in [-0.2, -0.15) is 21.6 Å². The summed E-state index contributed by atoms with van der Waals surface area (Å²) in [5.74, 6) is -1.18. The Morgan fingerprint density at radius 3 is 2.62 bits per heavy atom. The van der Waals surface area contributed by atoms with Gasteiger partial charge in [-0.05, 0) is 44.9 Å². The average molecular weight is 497 g/mol. The van der Waals surface area contributed by atoms with Gasteiger partial charge in [-0.3, -0.25) is 4.79 Å². The summed E-state index contributed by atoms with van der Waals surface area (Å²) >= 11 is 0.